The average molecular weight is 255 g/mol. The number of nitrogens with zero attached hydrogens (tertiary/aromatic N) is 1. The van der Waals surface area contributed by atoms with Gasteiger partial charge >= 0.3 is 0 Å². The molecule has 17 heavy (non-hydrogen) atoms. The lowest BCUT2D eigenvalue weighted by Crippen LogP contribution is -2.30. The zero-order valence-electron chi connectivity index (χ0n) is 9.98. The first kappa shape index (κ1) is 14.0. The first-order valence-electron chi connectivity index (χ1n) is 5.78. The van der Waals surface area contributed by atoms with E-state index >= 15 is 0 Å². The Kier molecular flexibility index (Phi) is 5.97. The number of carbonyl (C=O) groups is 3. The summed E-state index contributed by atoms with van der Waals surface area (Å²) < 4.78 is 0. The summed E-state index contributed by atoms with van der Waals surface area (Å²) in [7, 11) is 0. The summed E-state index contributed by atoms with van der Waals surface area (Å²) in [5.41, 5.74) is 0. The third-order valence-electron chi connectivity index (χ3n) is 2.48. The molecule has 0 unspecified atom stereocenters. The van der Waals surface area contributed by atoms with Crippen molar-refractivity contribution in [3.05, 3.63) is 12.2 Å². The minimum absolute atomic E-state index is 0.157. The Balaban J connectivity index is 1.99. The zero-order valence-corrected chi connectivity index (χ0v) is 10.8. The van der Waals surface area contributed by atoms with Crippen LogP contribution in [-0.2, 0) is 14.4 Å². The van der Waals surface area contributed by atoms with E-state index in [1.54, 1.807) is 6.92 Å². The van der Waals surface area contributed by atoms with E-state index in [4.69, 9.17) is 0 Å². The molecule has 0 saturated carbocycles. The van der Waals surface area contributed by atoms with E-state index in [9.17, 15) is 14.4 Å². The van der Waals surface area contributed by atoms with Crippen molar-refractivity contribution in [3.63, 3.8) is 0 Å². The number of thioether (sulfide) groups is 1. The largest absolute Gasteiger partial charge is 0.288 e. The lowest BCUT2D eigenvalue weighted by atomic mass is 10.2. The molecule has 0 saturated heterocycles. The Labute approximate surface area is 105 Å². The first-order chi connectivity index (χ1) is 8.11. The molecule has 0 spiro atoms. The van der Waals surface area contributed by atoms with Gasteiger partial charge in [0, 0.05) is 31.4 Å². The van der Waals surface area contributed by atoms with E-state index in [0.29, 0.717) is 6.54 Å². The summed E-state index contributed by atoms with van der Waals surface area (Å²) in [6.45, 7) is 2.08. The maximum atomic E-state index is 11.2. The highest BCUT2D eigenvalue weighted by molar-refractivity contribution is 8.13. The van der Waals surface area contributed by atoms with Gasteiger partial charge in [0.25, 0.3) is 11.8 Å². The highest BCUT2D eigenvalue weighted by Gasteiger charge is 2.21. The maximum absolute atomic E-state index is 11.2. The lowest BCUT2D eigenvalue weighted by Gasteiger charge is -2.12. The number of amides is 2. The predicted molar refractivity (Wildman–Crippen MR) is 67.5 cm³/mol. The van der Waals surface area contributed by atoms with Gasteiger partial charge in [-0.1, -0.05) is 24.6 Å². The van der Waals surface area contributed by atoms with Gasteiger partial charge in [-0.2, -0.15) is 0 Å². The van der Waals surface area contributed by atoms with E-state index in [2.05, 4.69) is 0 Å². The first-order valence-corrected chi connectivity index (χ1v) is 6.76. The maximum Gasteiger partial charge on any atom is 0.253 e. The molecule has 5 heteroatoms. The molecule has 0 aromatic heterocycles. The van der Waals surface area contributed by atoms with Gasteiger partial charge in [0.1, 0.15) is 0 Å². The second-order valence-electron chi connectivity index (χ2n) is 3.92. The van der Waals surface area contributed by atoms with Crippen LogP contribution < -0.4 is 0 Å². The van der Waals surface area contributed by atoms with E-state index in [-0.39, 0.29) is 16.9 Å². The number of rotatable bonds is 7. The summed E-state index contributed by atoms with van der Waals surface area (Å²) in [6, 6.07) is 0. The minimum atomic E-state index is -0.206. The summed E-state index contributed by atoms with van der Waals surface area (Å²) in [5, 5.41) is 0.157. The molecule has 1 rings (SSSR count). The molecule has 0 aliphatic carbocycles. The molecule has 2 amide bonds. The van der Waals surface area contributed by atoms with Crippen LogP contribution in [0.4, 0.5) is 0 Å². The van der Waals surface area contributed by atoms with Crippen molar-refractivity contribution in [1.82, 2.24) is 4.90 Å². The molecule has 4 nitrogen and oxygen atoms in total. The third-order valence-corrected chi connectivity index (χ3v) is 3.38. The molecule has 1 aliphatic rings. The number of hydrogen-bond acceptors (Lipinski definition) is 4. The van der Waals surface area contributed by atoms with Gasteiger partial charge in [0.15, 0.2) is 5.12 Å². The fraction of sp³-hybridized carbons (Fsp3) is 0.583. The highest BCUT2D eigenvalue weighted by atomic mass is 32.2. The topological polar surface area (TPSA) is 54.5 Å². The summed E-state index contributed by atoms with van der Waals surface area (Å²) >= 11 is 1.35. The number of hydrogen-bond donors (Lipinski definition) is 0. The molecule has 0 bridgehead atoms. The highest BCUT2D eigenvalue weighted by Crippen LogP contribution is 2.10. The van der Waals surface area contributed by atoms with Crippen LogP contribution >= 0.6 is 11.8 Å². The Hall–Kier alpha value is -1.10. The summed E-state index contributed by atoms with van der Waals surface area (Å²) in [6.07, 6.45) is 6.48. The molecule has 0 fully saturated rings. The Morgan fingerprint density at radius 3 is 2.29 bits per heavy atom. The van der Waals surface area contributed by atoms with Crippen LogP contribution in [0.15, 0.2) is 12.2 Å². The molecule has 1 aliphatic heterocycles. The molecule has 0 aromatic carbocycles. The standard InChI is InChI=1S/C12H17NO3S/c1-10(14)17-9-5-3-2-4-8-13-11(15)6-7-12(13)16/h6-7H,2-5,8-9H2,1H3. The Morgan fingerprint density at radius 1 is 1.12 bits per heavy atom. The van der Waals surface area contributed by atoms with Crippen LogP contribution in [0.1, 0.15) is 32.6 Å². The van der Waals surface area contributed by atoms with Crippen molar-refractivity contribution in [2.45, 2.75) is 32.6 Å². The SMILES string of the molecule is CC(=O)SCCCCCCN1C(=O)C=CC1=O. The molecular weight excluding hydrogens is 238 g/mol. The van der Waals surface area contributed by atoms with Crippen molar-refractivity contribution < 1.29 is 14.4 Å². The van der Waals surface area contributed by atoms with Gasteiger partial charge in [-0.05, 0) is 12.8 Å². The number of carbonyl (C=O) groups excluding carboxylic acids is 3. The van der Waals surface area contributed by atoms with Crippen molar-refractivity contribution in [1.29, 1.82) is 0 Å². The molecular formula is C12H17NO3S. The molecule has 0 radical (unpaired) electrons. The second-order valence-corrected chi connectivity index (χ2v) is 5.19. The number of unbranched alkanes of at least 4 members (excludes halogenated alkanes) is 3. The third kappa shape index (κ3) is 5.17. The molecule has 0 atom stereocenters. The van der Waals surface area contributed by atoms with Gasteiger partial charge < -0.3 is 0 Å². The van der Waals surface area contributed by atoms with E-state index in [1.807, 2.05) is 0 Å². The molecule has 0 N–H and O–H groups in total. The van der Waals surface area contributed by atoms with Crippen LogP contribution in [0, 0.1) is 0 Å². The van der Waals surface area contributed by atoms with Gasteiger partial charge in [0.2, 0.25) is 0 Å². The van der Waals surface area contributed by atoms with Crippen LogP contribution in [0.3, 0.4) is 0 Å². The van der Waals surface area contributed by atoms with Crippen molar-refractivity contribution in [2.75, 3.05) is 12.3 Å². The lowest BCUT2D eigenvalue weighted by molar-refractivity contribution is -0.136. The molecule has 0 aromatic rings. The van der Waals surface area contributed by atoms with E-state index in [1.165, 1.54) is 28.8 Å². The van der Waals surface area contributed by atoms with Gasteiger partial charge in [-0.25, -0.2) is 0 Å². The second kappa shape index (κ2) is 7.27. The van der Waals surface area contributed by atoms with Gasteiger partial charge in [0.05, 0.1) is 0 Å². The van der Waals surface area contributed by atoms with E-state index in [0.717, 1.165) is 31.4 Å². The minimum Gasteiger partial charge on any atom is -0.288 e. The van der Waals surface area contributed by atoms with Crippen molar-refractivity contribution in [3.8, 4) is 0 Å². The fourth-order valence-corrected chi connectivity index (χ4v) is 2.23. The Morgan fingerprint density at radius 2 is 1.71 bits per heavy atom. The molecule has 1 heterocycles. The predicted octanol–water partition coefficient (Wildman–Crippen LogP) is 1.75. The van der Waals surface area contributed by atoms with Crippen LogP contribution in [0.2, 0.25) is 0 Å². The van der Waals surface area contributed by atoms with Gasteiger partial charge in [-0.15, -0.1) is 0 Å². The molecule has 94 valence electrons. The Bertz CT molecular complexity index is 321. The van der Waals surface area contributed by atoms with Crippen LogP contribution in [-0.4, -0.2) is 34.1 Å². The zero-order chi connectivity index (χ0) is 12.7. The average Bonchev–Trinajstić information content (AvgIpc) is 2.58. The summed E-state index contributed by atoms with van der Waals surface area (Å²) in [4.78, 5) is 34.3. The monoisotopic (exact) mass is 255 g/mol. The van der Waals surface area contributed by atoms with Gasteiger partial charge in [-0.3, -0.25) is 19.3 Å². The fourth-order valence-electron chi connectivity index (χ4n) is 1.59. The van der Waals surface area contributed by atoms with Crippen LogP contribution in [0.5, 0.6) is 0 Å². The number of imide groups is 1. The van der Waals surface area contributed by atoms with Crippen molar-refractivity contribution >= 4 is 28.7 Å². The normalized spacial score (nSPS) is 14.8. The van der Waals surface area contributed by atoms with E-state index < -0.39 is 0 Å². The summed E-state index contributed by atoms with van der Waals surface area (Å²) in [5.74, 6) is 0.447. The smallest absolute Gasteiger partial charge is 0.253 e. The van der Waals surface area contributed by atoms with Crippen LogP contribution in [0.25, 0.3) is 0 Å². The van der Waals surface area contributed by atoms with Crippen molar-refractivity contribution in [2.24, 2.45) is 0 Å². The quantitative estimate of drug-likeness (QED) is 0.514.